The predicted molar refractivity (Wildman–Crippen MR) is 158 cm³/mol. The maximum atomic E-state index is 6.46. The van der Waals surface area contributed by atoms with Gasteiger partial charge in [0.15, 0.2) is 0 Å². The molecule has 1 fully saturated rings. The molecule has 1 aliphatic heterocycles. The van der Waals surface area contributed by atoms with Gasteiger partial charge in [-0.25, -0.2) is 0 Å². The number of rotatable bonds is 4. The Bertz CT molecular complexity index is 1500. The molecule has 3 heteroatoms. The lowest BCUT2D eigenvalue weighted by Gasteiger charge is -2.32. The largest absolute Gasteiger partial charge is 0.495 e. The molecule has 1 heterocycles. The van der Waals surface area contributed by atoms with Gasteiger partial charge < -0.3 is 9.31 Å². The highest BCUT2D eigenvalue weighted by Gasteiger charge is 2.52. The van der Waals surface area contributed by atoms with Gasteiger partial charge in [-0.1, -0.05) is 88.4 Å². The van der Waals surface area contributed by atoms with E-state index in [0.717, 1.165) is 5.46 Å². The third kappa shape index (κ3) is 3.62. The van der Waals surface area contributed by atoms with Gasteiger partial charge in [0.25, 0.3) is 0 Å². The van der Waals surface area contributed by atoms with Crippen LogP contribution in [0.2, 0.25) is 0 Å². The molecule has 0 amide bonds. The summed E-state index contributed by atoms with van der Waals surface area (Å²) in [6, 6.07) is 25.0. The summed E-state index contributed by atoms with van der Waals surface area (Å²) >= 11 is 0. The fraction of sp³-hybridized carbons (Fsp3) is 0.353. The molecule has 37 heavy (non-hydrogen) atoms. The van der Waals surface area contributed by atoms with E-state index in [0.29, 0.717) is 11.8 Å². The summed E-state index contributed by atoms with van der Waals surface area (Å²) in [5, 5.41) is 2.53. The minimum atomic E-state index is -0.375. The quantitative estimate of drug-likeness (QED) is 0.236. The maximum Gasteiger partial charge on any atom is 0.495 e. The van der Waals surface area contributed by atoms with E-state index in [1.165, 1.54) is 55.3 Å². The SMILES string of the molecule is CC(C)c1cccc(C(C)C)c1-c1ccc2c(c1)-c1ccc(B3OC(C)(C)C(C)(C)O3)c3cccc-2c13. The van der Waals surface area contributed by atoms with Crippen LogP contribution in [0.1, 0.15) is 78.4 Å². The summed E-state index contributed by atoms with van der Waals surface area (Å²) < 4.78 is 12.9. The second-order valence-electron chi connectivity index (χ2n) is 12.4. The van der Waals surface area contributed by atoms with Gasteiger partial charge in [-0.05, 0) is 106 Å². The van der Waals surface area contributed by atoms with Crippen LogP contribution in [0.15, 0.2) is 66.7 Å². The lowest BCUT2D eigenvalue weighted by molar-refractivity contribution is 0.00578. The first-order valence-corrected chi connectivity index (χ1v) is 13.7. The van der Waals surface area contributed by atoms with Crippen LogP contribution in [0.25, 0.3) is 44.2 Å². The van der Waals surface area contributed by atoms with Gasteiger partial charge in [-0.2, -0.15) is 0 Å². The summed E-state index contributed by atoms with van der Waals surface area (Å²) in [4.78, 5) is 0. The summed E-state index contributed by atoms with van der Waals surface area (Å²) in [6.07, 6.45) is 0. The predicted octanol–water partition coefficient (Wildman–Crippen LogP) is 8.70. The summed E-state index contributed by atoms with van der Waals surface area (Å²) in [5.74, 6) is 0.926. The Hall–Kier alpha value is -2.88. The zero-order chi connectivity index (χ0) is 26.3. The van der Waals surface area contributed by atoms with Crippen LogP contribution in [-0.4, -0.2) is 18.3 Å². The highest BCUT2D eigenvalue weighted by Crippen LogP contribution is 2.49. The zero-order valence-electron chi connectivity index (χ0n) is 23.4. The second-order valence-corrected chi connectivity index (χ2v) is 12.4. The molecule has 0 radical (unpaired) electrons. The molecule has 6 rings (SSSR count). The van der Waals surface area contributed by atoms with Crippen molar-refractivity contribution in [2.75, 3.05) is 0 Å². The molecule has 188 valence electrons. The molecule has 0 saturated carbocycles. The average molecular weight is 488 g/mol. The van der Waals surface area contributed by atoms with Crippen molar-refractivity contribution < 1.29 is 9.31 Å². The van der Waals surface area contributed by atoms with Crippen LogP contribution in [-0.2, 0) is 9.31 Å². The molecule has 2 nitrogen and oxygen atoms in total. The molecule has 2 aliphatic rings. The van der Waals surface area contributed by atoms with Crippen molar-refractivity contribution >= 4 is 23.4 Å². The molecular formula is C34H37BO2. The highest BCUT2D eigenvalue weighted by atomic mass is 16.7. The van der Waals surface area contributed by atoms with Crippen LogP contribution in [0.3, 0.4) is 0 Å². The average Bonchev–Trinajstić information content (AvgIpc) is 3.28. The van der Waals surface area contributed by atoms with E-state index in [2.05, 4.69) is 122 Å². The number of hydrogen-bond acceptors (Lipinski definition) is 2. The van der Waals surface area contributed by atoms with Crippen LogP contribution in [0, 0.1) is 0 Å². The summed E-state index contributed by atoms with van der Waals surface area (Å²) in [5.41, 5.74) is 11.2. The van der Waals surface area contributed by atoms with Gasteiger partial charge in [0.1, 0.15) is 0 Å². The highest BCUT2D eigenvalue weighted by molar-refractivity contribution is 6.65. The van der Waals surface area contributed by atoms with Crippen LogP contribution < -0.4 is 5.46 Å². The molecular weight excluding hydrogens is 451 g/mol. The Morgan fingerprint density at radius 2 is 1.19 bits per heavy atom. The van der Waals surface area contributed by atoms with Gasteiger partial charge in [0, 0.05) is 0 Å². The lowest BCUT2D eigenvalue weighted by Crippen LogP contribution is -2.41. The molecule has 1 saturated heterocycles. The Balaban J connectivity index is 1.52. The van der Waals surface area contributed by atoms with Crippen molar-refractivity contribution in [3.63, 3.8) is 0 Å². The fourth-order valence-electron chi connectivity index (χ4n) is 6.10. The van der Waals surface area contributed by atoms with E-state index in [-0.39, 0.29) is 18.3 Å². The number of benzene rings is 4. The van der Waals surface area contributed by atoms with Gasteiger partial charge in [-0.15, -0.1) is 0 Å². The van der Waals surface area contributed by atoms with Gasteiger partial charge in [-0.3, -0.25) is 0 Å². The van der Waals surface area contributed by atoms with E-state index in [1.807, 2.05) is 0 Å². The molecule has 4 aromatic carbocycles. The van der Waals surface area contributed by atoms with Crippen molar-refractivity contribution in [1.29, 1.82) is 0 Å². The van der Waals surface area contributed by atoms with Crippen molar-refractivity contribution in [1.82, 2.24) is 0 Å². The number of fused-ring (bicyclic) bond motifs is 3. The third-order valence-electron chi connectivity index (χ3n) is 8.84. The van der Waals surface area contributed by atoms with Crippen molar-refractivity contribution in [3.05, 3.63) is 77.9 Å². The lowest BCUT2D eigenvalue weighted by atomic mass is 9.75. The first-order valence-electron chi connectivity index (χ1n) is 13.7. The van der Waals surface area contributed by atoms with E-state index in [9.17, 15) is 0 Å². The topological polar surface area (TPSA) is 18.5 Å². The minimum absolute atomic E-state index is 0.365. The third-order valence-corrected chi connectivity index (χ3v) is 8.84. The monoisotopic (exact) mass is 488 g/mol. The molecule has 4 aromatic rings. The van der Waals surface area contributed by atoms with Crippen LogP contribution in [0.4, 0.5) is 0 Å². The molecule has 0 bridgehead atoms. The van der Waals surface area contributed by atoms with Crippen LogP contribution in [0.5, 0.6) is 0 Å². The smallest absolute Gasteiger partial charge is 0.399 e. The van der Waals surface area contributed by atoms with Crippen molar-refractivity contribution in [2.45, 2.75) is 78.4 Å². The van der Waals surface area contributed by atoms with E-state index >= 15 is 0 Å². The minimum Gasteiger partial charge on any atom is -0.399 e. The van der Waals surface area contributed by atoms with Gasteiger partial charge in [0.2, 0.25) is 0 Å². The molecule has 1 aliphatic carbocycles. The first kappa shape index (κ1) is 24.5. The second kappa shape index (κ2) is 8.31. The van der Waals surface area contributed by atoms with Crippen molar-refractivity contribution in [2.24, 2.45) is 0 Å². The Morgan fingerprint density at radius 3 is 1.81 bits per heavy atom. The molecule has 0 atom stereocenters. The Morgan fingerprint density at radius 1 is 0.622 bits per heavy atom. The first-order chi connectivity index (χ1) is 17.5. The van der Waals surface area contributed by atoms with E-state index in [4.69, 9.17) is 9.31 Å². The van der Waals surface area contributed by atoms with Crippen LogP contribution >= 0.6 is 0 Å². The normalized spacial score (nSPS) is 17.3. The Labute approximate surface area is 222 Å². The van der Waals surface area contributed by atoms with E-state index in [1.54, 1.807) is 0 Å². The Kier molecular flexibility index (Phi) is 5.50. The maximum absolute atomic E-state index is 6.46. The van der Waals surface area contributed by atoms with E-state index < -0.39 is 0 Å². The molecule has 0 N–H and O–H groups in total. The standard InChI is InChI=1S/C34H37BO2/c1-20(2)23-11-9-12-24(21(3)4)31(23)22-15-16-25-26-13-10-14-28-30(18-17-27(32(26)28)29(25)19-22)35-36-33(5,6)34(7,8)37-35/h9-21H,1-8H3. The summed E-state index contributed by atoms with van der Waals surface area (Å²) in [7, 11) is -0.375. The number of hydrogen-bond donors (Lipinski definition) is 0. The van der Waals surface area contributed by atoms with Gasteiger partial charge >= 0.3 is 7.12 Å². The zero-order valence-corrected chi connectivity index (χ0v) is 23.4. The molecule has 0 aromatic heterocycles. The molecule has 0 spiro atoms. The van der Waals surface area contributed by atoms with Crippen molar-refractivity contribution in [3.8, 4) is 33.4 Å². The fourth-order valence-corrected chi connectivity index (χ4v) is 6.10. The molecule has 0 unspecified atom stereocenters. The van der Waals surface area contributed by atoms with Gasteiger partial charge in [0.05, 0.1) is 11.2 Å². The summed E-state index contributed by atoms with van der Waals surface area (Å²) in [6.45, 7) is 17.6.